The summed E-state index contributed by atoms with van der Waals surface area (Å²) in [4.78, 5) is 11.6. The van der Waals surface area contributed by atoms with Crippen molar-refractivity contribution in [1.29, 1.82) is 0 Å². The van der Waals surface area contributed by atoms with Crippen LogP contribution in [0.5, 0.6) is 5.75 Å². The lowest BCUT2D eigenvalue weighted by Gasteiger charge is -2.24. The van der Waals surface area contributed by atoms with Gasteiger partial charge in [-0.2, -0.15) is 4.31 Å². The lowest BCUT2D eigenvalue weighted by molar-refractivity contribution is -0.141. The number of carboxylic acid groups (broad SMARTS) is 1. The van der Waals surface area contributed by atoms with Gasteiger partial charge in [-0.15, -0.1) is 0 Å². The van der Waals surface area contributed by atoms with Crippen LogP contribution in [0.15, 0.2) is 53.4 Å². The second-order valence-electron chi connectivity index (χ2n) is 5.38. The number of rotatable bonds is 7. The van der Waals surface area contributed by atoms with E-state index in [-0.39, 0.29) is 11.3 Å². The minimum Gasteiger partial charge on any atom is -0.497 e. The quantitative estimate of drug-likeness (QED) is 0.794. The number of benzene rings is 2. The first kappa shape index (κ1) is 19.2. The summed E-state index contributed by atoms with van der Waals surface area (Å²) in [6.45, 7) is 0. The maximum Gasteiger partial charge on any atom is 0.322 e. The van der Waals surface area contributed by atoms with Crippen molar-refractivity contribution >= 4 is 27.6 Å². The maximum absolute atomic E-state index is 12.7. The van der Waals surface area contributed by atoms with E-state index in [1.54, 1.807) is 24.3 Å². The first-order chi connectivity index (χ1) is 11.8. The largest absolute Gasteiger partial charge is 0.497 e. The zero-order valence-electron chi connectivity index (χ0n) is 13.7. The van der Waals surface area contributed by atoms with Gasteiger partial charge in [0.25, 0.3) is 0 Å². The van der Waals surface area contributed by atoms with Crippen molar-refractivity contribution in [1.82, 2.24) is 4.31 Å². The molecule has 0 aromatic heterocycles. The molecule has 1 N–H and O–H groups in total. The normalized spacial score (nSPS) is 12.8. The van der Waals surface area contributed by atoms with Crippen molar-refractivity contribution in [3.8, 4) is 5.75 Å². The van der Waals surface area contributed by atoms with Gasteiger partial charge in [-0.05, 0) is 48.4 Å². The number of nitrogens with zero attached hydrogens (tertiary/aromatic N) is 1. The fourth-order valence-corrected chi connectivity index (χ4v) is 3.73. The minimum absolute atomic E-state index is 0.0135. The van der Waals surface area contributed by atoms with Crippen LogP contribution in [0.25, 0.3) is 0 Å². The average molecular weight is 384 g/mol. The molecular weight excluding hydrogens is 366 g/mol. The molecule has 6 nitrogen and oxygen atoms in total. The summed E-state index contributed by atoms with van der Waals surface area (Å²) in [6.07, 6.45) is 0.0304. The van der Waals surface area contributed by atoms with Gasteiger partial charge in [-0.1, -0.05) is 23.7 Å². The van der Waals surface area contributed by atoms with E-state index in [9.17, 15) is 18.3 Å². The first-order valence-electron chi connectivity index (χ1n) is 7.35. The van der Waals surface area contributed by atoms with Crippen LogP contribution in [0.2, 0.25) is 5.02 Å². The van der Waals surface area contributed by atoms with Gasteiger partial charge in [-0.25, -0.2) is 8.42 Å². The van der Waals surface area contributed by atoms with Gasteiger partial charge in [-0.3, -0.25) is 4.79 Å². The van der Waals surface area contributed by atoms with Crippen LogP contribution in [0.4, 0.5) is 0 Å². The summed E-state index contributed by atoms with van der Waals surface area (Å²) in [5, 5.41) is 9.91. The number of likely N-dealkylation sites (N-methyl/N-ethyl adjacent to an activating group) is 1. The topological polar surface area (TPSA) is 83.9 Å². The predicted molar refractivity (Wildman–Crippen MR) is 94.5 cm³/mol. The Hall–Kier alpha value is -2.09. The van der Waals surface area contributed by atoms with E-state index in [1.807, 2.05) is 0 Å². The highest BCUT2D eigenvalue weighted by molar-refractivity contribution is 7.89. The molecule has 0 aliphatic heterocycles. The molecule has 0 saturated carbocycles. The molecule has 25 heavy (non-hydrogen) atoms. The molecule has 8 heteroatoms. The van der Waals surface area contributed by atoms with Crippen LogP contribution in [0.3, 0.4) is 0 Å². The fraction of sp³-hybridized carbons (Fsp3) is 0.235. The van der Waals surface area contributed by atoms with Crippen molar-refractivity contribution in [3.05, 3.63) is 59.1 Å². The SMILES string of the molecule is COc1ccc(C[C@@H](C(=O)O)N(C)S(=O)(=O)c2ccc(Cl)cc2)cc1. The number of aliphatic carboxylic acids is 1. The fourth-order valence-electron chi connectivity index (χ4n) is 2.30. The highest BCUT2D eigenvalue weighted by atomic mass is 35.5. The Bertz CT molecular complexity index is 834. The molecule has 2 rings (SSSR count). The zero-order chi connectivity index (χ0) is 18.6. The van der Waals surface area contributed by atoms with Crippen LogP contribution in [0.1, 0.15) is 5.56 Å². The molecule has 0 unspecified atom stereocenters. The van der Waals surface area contributed by atoms with E-state index in [0.717, 1.165) is 4.31 Å². The Morgan fingerprint density at radius 3 is 2.20 bits per heavy atom. The Morgan fingerprint density at radius 2 is 1.72 bits per heavy atom. The lowest BCUT2D eigenvalue weighted by atomic mass is 10.1. The van der Waals surface area contributed by atoms with Crippen LogP contribution >= 0.6 is 11.6 Å². The third-order valence-electron chi connectivity index (χ3n) is 3.80. The van der Waals surface area contributed by atoms with Gasteiger partial charge in [0.2, 0.25) is 10.0 Å². The van der Waals surface area contributed by atoms with Crippen molar-refractivity contribution in [2.75, 3.05) is 14.2 Å². The van der Waals surface area contributed by atoms with E-state index in [0.29, 0.717) is 16.3 Å². The van der Waals surface area contributed by atoms with Crippen LogP contribution in [-0.4, -0.2) is 44.0 Å². The Kier molecular flexibility index (Phi) is 6.05. The molecule has 0 bridgehead atoms. The van der Waals surface area contributed by atoms with Crippen molar-refractivity contribution < 1.29 is 23.1 Å². The summed E-state index contributed by atoms with van der Waals surface area (Å²) < 4.78 is 31.3. The number of hydrogen-bond donors (Lipinski definition) is 1. The average Bonchev–Trinajstić information content (AvgIpc) is 2.59. The lowest BCUT2D eigenvalue weighted by Crippen LogP contribution is -2.43. The third kappa shape index (κ3) is 4.50. The molecule has 0 aliphatic carbocycles. The molecule has 0 radical (unpaired) electrons. The van der Waals surface area contributed by atoms with Gasteiger partial charge >= 0.3 is 5.97 Å². The van der Waals surface area contributed by atoms with E-state index in [4.69, 9.17) is 16.3 Å². The Morgan fingerprint density at radius 1 is 1.16 bits per heavy atom. The maximum atomic E-state index is 12.7. The second-order valence-corrected chi connectivity index (χ2v) is 7.82. The number of carbonyl (C=O) groups is 1. The number of halogens is 1. The monoisotopic (exact) mass is 383 g/mol. The van der Waals surface area contributed by atoms with Crippen LogP contribution < -0.4 is 4.74 Å². The molecule has 0 aliphatic rings. The van der Waals surface area contributed by atoms with Gasteiger partial charge in [0.05, 0.1) is 12.0 Å². The zero-order valence-corrected chi connectivity index (χ0v) is 15.3. The second kappa shape index (κ2) is 7.86. The third-order valence-corrected chi connectivity index (χ3v) is 5.94. The molecule has 0 spiro atoms. The molecule has 0 fully saturated rings. The standard InChI is InChI=1S/C17H18ClNO5S/c1-19(25(22,23)15-9-5-13(18)6-10-15)16(17(20)21)11-12-3-7-14(24-2)8-4-12/h3-10,16H,11H2,1-2H3,(H,20,21)/t16-/m0/s1. The number of hydrogen-bond acceptors (Lipinski definition) is 4. The summed E-state index contributed by atoms with van der Waals surface area (Å²) in [7, 11) is -1.18. The van der Waals surface area contributed by atoms with Gasteiger partial charge in [0.1, 0.15) is 11.8 Å². The van der Waals surface area contributed by atoms with E-state index in [1.165, 1.54) is 38.4 Å². The van der Waals surface area contributed by atoms with Crippen molar-refractivity contribution in [3.63, 3.8) is 0 Å². The molecule has 1 atom stereocenters. The van der Waals surface area contributed by atoms with E-state index in [2.05, 4.69) is 0 Å². The number of carboxylic acids is 1. The number of sulfonamides is 1. The highest BCUT2D eigenvalue weighted by Gasteiger charge is 2.32. The summed E-state index contributed by atoms with van der Waals surface area (Å²) in [5.41, 5.74) is 0.686. The molecule has 2 aromatic carbocycles. The minimum atomic E-state index is -3.96. The van der Waals surface area contributed by atoms with Crippen LogP contribution in [0, 0.1) is 0 Å². The Balaban J connectivity index is 2.28. The highest BCUT2D eigenvalue weighted by Crippen LogP contribution is 2.21. The summed E-state index contributed by atoms with van der Waals surface area (Å²) in [5.74, 6) is -0.589. The number of ether oxygens (including phenoxy) is 1. The molecule has 0 saturated heterocycles. The van der Waals surface area contributed by atoms with Gasteiger partial charge < -0.3 is 9.84 Å². The molecular formula is C17H18ClNO5S. The first-order valence-corrected chi connectivity index (χ1v) is 9.17. The summed E-state index contributed by atoms with van der Waals surface area (Å²) >= 11 is 5.77. The molecule has 134 valence electrons. The molecule has 0 heterocycles. The number of methoxy groups -OCH3 is 1. The van der Waals surface area contributed by atoms with Crippen LogP contribution in [-0.2, 0) is 21.2 Å². The Labute approximate surface area is 151 Å². The van der Waals surface area contributed by atoms with Crippen molar-refractivity contribution in [2.24, 2.45) is 0 Å². The summed E-state index contributed by atoms with van der Waals surface area (Å²) in [6, 6.07) is 11.2. The van der Waals surface area contributed by atoms with Crippen molar-refractivity contribution in [2.45, 2.75) is 17.4 Å². The van der Waals surface area contributed by atoms with E-state index >= 15 is 0 Å². The van der Waals surface area contributed by atoms with Gasteiger partial charge in [0.15, 0.2) is 0 Å². The van der Waals surface area contributed by atoms with E-state index < -0.39 is 22.0 Å². The smallest absolute Gasteiger partial charge is 0.322 e. The molecule has 2 aromatic rings. The molecule has 0 amide bonds. The van der Waals surface area contributed by atoms with Gasteiger partial charge in [0, 0.05) is 12.1 Å². The predicted octanol–water partition coefficient (Wildman–Crippen LogP) is 2.67.